The SMILES string of the molecule is CN1CCC(COC[C@@H]2CC[C@H]3[C@H](CCN3Cc3ccoc3)O2)CC1.O=C(O)C(F)(F)F.O=C(O)C(F)(F)F. The highest BCUT2D eigenvalue weighted by Gasteiger charge is 2.40. The number of nitrogens with zero attached hydrogens (tertiary/aromatic N) is 2. The fourth-order valence-corrected chi connectivity index (χ4v) is 4.62. The molecule has 3 saturated heterocycles. The lowest BCUT2D eigenvalue weighted by Crippen LogP contribution is -2.43. The monoisotopic (exact) mass is 576 g/mol. The Morgan fingerprint density at radius 1 is 0.949 bits per heavy atom. The Morgan fingerprint density at radius 3 is 2.05 bits per heavy atom. The maximum absolute atomic E-state index is 10.6. The predicted molar refractivity (Wildman–Crippen MR) is 124 cm³/mol. The lowest BCUT2D eigenvalue weighted by Gasteiger charge is -2.36. The molecule has 1 aromatic rings. The number of carboxylic acid groups (broad SMARTS) is 2. The highest BCUT2D eigenvalue weighted by molar-refractivity contribution is 5.73. The summed E-state index contributed by atoms with van der Waals surface area (Å²) in [4.78, 5) is 22.8. The van der Waals surface area contributed by atoms with Crippen LogP contribution in [0.2, 0.25) is 0 Å². The third kappa shape index (κ3) is 11.7. The van der Waals surface area contributed by atoms with Crippen molar-refractivity contribution in [3.8, 4) is 0 Å². The molecule has 3 aliphatic rings. The number of ether oxygens (including phenoxy) is 2. The Bertz CT molecular complexity index is 849. The largest absolute Gasteiger partial charge is 0.490 e. The van der Waals surface area contributed by atoms with Crippen molar-refractivity contribution in [3.63, 3.8) is 0 Å². The number of carboxylic acids is 2. The van der Waals surface area contributed by atoms with Gasteiger partial charge in [0.15, 0.2) is 0 Å². The number of hydrogen-bond acceptors (Lipinski definition) is 7. The number of alkyl halides is 6. The minimum Gasteiger partial charge on any atom is -0.475 e. The summed E-state index contributed by atoms with van der Waals surface area (Å²) in [5.41, 5.74) is 1.27. The number of aliphatic carboxylic acids is 2. The lowest BCUT2D eigenvalue weighted by atomic mass is 9.98. The quantitative estimate of drug-likeness (QED) is 0.485. The van der Waals surface area contributed by atoms with Crippen molar-refractivity contribution >= 4 is 11.9 Å². The first-order valence-corrected chi connectivity index (χ1v) is 12.4. The molecule has 3 aliphatic heterocycles. The number of hydrogen-bond donors (Lipinski definition) is 2. The molecule has 0 unspecified atom stereocenters. The van der Waals surface area contributed by atoms with E-state index >= 15 is 0 Å². The van der Waals surface area contributed by atoms with E-state index in [-0.39, 0.29) is 0 Å². The van der Waals surface area contributed by atoms with E-state index in [1.165, 1.54) is 37.9 Å². The molecule has 0 spiro atoms. The highest BCUT2D eigenvalue weighted by atomic mass is 19.4. The summed E-state index contributed by atoms with van der Waals surface area (Å²) in [5.74, 6) is -4.77. The zero-order valence-electron chi connectivity index (χ0n) is 21.4. The van der Waals surface area contributed by atoms with Crippen molar-refractivity contribution in [2.45, 2.75) is 69.3 Å². The van der Waals surface area contributed by atoms with Crippen LogP contribution in [0.25, 0.3) is 0 Å². The smallest absolute Gasteiger partial charge is 0.475 e. The first kappa shape index (κ1) is 32.8. The Labute approximate surface area is 221 Å². The number of furan rings is 1. The van der Waals surface area contributed by atoms with Gasteiger partial charge in [-0.3, -0.25) is 4.90 Å². The Morgan fingerprint density at radius 2 is 1.54 bits per heavy atom. The number of rotatable bonds is 6. The van der Waals surface area contributed by atoms with Crippen molar-refractivity contribution in [1.29, 1.82) is 0 Å². The molecule has 0 saturated carbocycles. The van der Waals surface area contributed by atoms with Gasteiger partial charge < -0.3 is 29.0 Å². The second-order valence-corrected chi connectivity index (χ2v) is 9.72. The summed E-state index contributed by atoms with van der Waals surface area (Å²) in [5, 5.41) is 14.2. The van der Waals surface area contributed by atoms with E-state index in [0.29, 0.717) is 18.2 Å². The van der Waals surface area contributed by atoms with Crippen molar-refractivity contribution < 1.29 is 60.0 Å². The Kier molecular flexibility index (Phi) is 12.5. The van der Waals surface area contributed by atoms with E-state index in [1.54, 1.807) is 6.26 Å². The van der Waals surface area contributed by atoms with Gasteiger partial charge in [0.1, 0.15) is 0 Å². The molecular weight excluding hydrogens is 542 g/mol. The second-order valence-electron chi connectivity index (χ2n) is 9.72. The third-order valence-electron chi connectivity index (χ3n) is 6.70. The summed E-state index contributed by atoms with van der Waals surface area (Å²) in [6, 6.07) is 2.64. The standard InChI is InChI=1S/C20H32N2O3.2C2HF3O2/c1-21-8-4-16(5-9-21)13-24-15-18-2-3-19-20(25-18)6-10-22(19)12-17-7-11-23-14-17;2*3-2(4,5)1(6)7/h7,11,14,16,18-20H,2-6,8-10,12-13,15H2,1H3;2*(H,6,7)/t18-,19-,20-;;/m0../s1. The molecule has 0 amide bonds. The molecule has 3 atom stereocenters. The summed E-state index contributed by atoms with van der Waals surface area (Å²) in [6.45, 7) is 6.22. The van der Waals surface area contributed by atoms with Crippen LogP contribution >= 0.6 is 0 Å². The van der Waals surface area contributed by atoms with Gasteiger partial charge in [0.05, 0.1) is 31.3 Å². The summed E-state index contributed by atoms with van der Waals surface area (Å²) >= 11 is 0. The van der Waals surface area contributed by atoms with Gasteiger partial charge in [0, 0.05) is 31.3 Å². The lowest BCUT2D eigenvalue weighted by molar-refractivity contribution is -0.193. The molecule has 4 heterocycles. The fraction of sp³-hybridized carbons (Fsp3) is 0.750. The molecule has 4 rings (SSSR count). The van der Waals surface area contributed by atoms with E-state index in [2.05, 4.69) is 22.9 Å². The van der Waals surface area contributed by atoms with E-state index in [1.807, 2.05) is 6.26 Å². The van der Waals surface area contributed by atoms with Gasteiger partial charge in [-0.25, -0.2) is 9.59 Å². The van der Waals surface area contributed by atoms with Crippen LogP contribution in [0.1, 0.15) is 37.7 Å². The van der Waals surface area contributed by atoms with Crippen molar-refractivity contribution in [2.24, 2.45) is 5.92 Å². The number of likely N-dealkylation sites (tertiary alicyclic amines) is 2. The molecule has 15 heteroatoms. The van der Waals surface area contributed by atoms with Crippen molar-refractivity contribution in [1.82, 2.24) is 9.80 Å². The Balaban J connectivity index is 0.000000317. The van der Waals surface area contributed by atoms with Gasteiger partial charge in [-0.1, -0.05) is 0 Å². The summed E-state index contributed by atoms with van der Waals surface area (Å²) in [6.07, 6.45) is 0.175. The zero-order chi connectivity index (χ0) is 29.2. The fourth-order valence-electron chi connectivity index (χ4n) is 4.62. The number of carbonyl (C=O) groups is 2. The first-order chi connectivity index (χ1) is 18.2. The Hall–Kier alpha value is -2.36. The van der Waals surface area contributed by atoms with Crippen LogP contribution in [0.3, 0.4) is 0 Å². The van der Waals surface area contributed by atoms with Gasteiger partial charge in [-0.2, -0.15) is 26.3 Å². The molecule has 224 valence electrons. The topological polar surface area (TPSA) is 113 Å². The third-order valence-corrected chi connectivity index (χ3v) is 6.70. The molecule has 9 nitrogen and oxygen atoms in total. The molecule has 0 radical (unpaired) electrons. The highest BCUT2D eigenvalue weighted by Crippen LogP contribution is 2.32. The van der Waals surface area contributed by atoms with Crippen LogP contribution in [0.5, 0.6) is 0 Å². The van der Waals surface area contributed by atoms with Gasteiger partial charge in [0.25, 0.3) is 0 Å². The summed E-state index contributed by atoms with van der Waals surface area (Å²) in [7, 11) is 2.21. The van der Waals surface area contributed by atoms with Gasteiger partial charge >= 0.3 is 24.3 Å². The second kappa shape index (κ2) is 14.9. The van der Waals surface area contributed by atoms with E-state index in [4.69, 9.17) is 33.7 Å². The minimum atomic E-state index is -5.08. The molecule has 0 aromatic carbocycles. The average Bonchev–Trinajstić information content (AvgIpc) is 3.50. The molecule has 0 bridgehead atoms. The average molecular weight is 577 g/mol. The molecular formula is C24H34F6N2O7. The molecule has 39 heavy (non-hydrogen) atoms. The van der Waals surface area contributed by atoms with Crippen molar-refractivity contribution in [3.05, 3.63) is 24.2 Å². The van der Waals surface area contributed by atoms with Gasteiger partial charge in [-0.05, 0) is 64.2 Å². The predicted octanol–water partition coefficient (Wildman–Crippen LogP) is 4.03. The van der Waals surface area contributed by atoms with Crippen LogP contribution in [0.15, 0.2) is 23.0 Å². The van der Waals surface area contributed by atoms with Crippen LogP contribution in [-0.2, 0) is 25.6 Å². The maximum atomic E-state index is 10.6. The van der Waals surface area contributed by atoms with Gasteiger partial charge in [-0.15, -0.1) is 0 Å². The van der Waals surface area contributed by atoms with Crippen LogP contribution < -0.4 is 0 Å². The van der Waals surface area contributed by atoms with Gasteiger partial charge in [0.2, 0.25) is 0 Å². The maximum Gasteiger partial charge on any atom is 0.490 e. The normalized spacial score (nSPS) is 24.6. The molecule has 3 fully saturated rings. The van der Waals surface area contributed by atoms with E-state index < -0.39 is 24.3 Å². The van der Waals surface area contributed by atoms with Crippen LogP contribution in [0, 0.1) is 5.92 Å². The zero-order valence-corrected chi connectivity index (χ0v) is 21.4. The first-order valence-electron chi connectivity index (χ1n) is 12.4. The van der Waals surface area contributed by atoms with Crippen LogP contribution in [-0.4, -0.2) is 102 Å². The minimum absolute atomic E-state index is 0.293. The van der Waals surface area contributed by atoms with E-state index in [0.717, 1.165) is 45.1 Å². The van der Waals surface area contributed by atoms with Crippen LogP contribution in [0.4, 0.5) is 26.3 Å². The molecule has 0 aliphatic carbocycles. The number of halogens is 6. The number of piperidine rings is 1. The molecule has 1 aromatic heterocycles. The van der Waals surface area contributed by atoms with Crippen molar-refractivity contribution in [2.75, 3.05) is 39.9 Å². The molecule has 2 N–H and O–H groups in total. The summed E-state index contributed by atoms with van der Waals surface area (Å²) < 4.78 is 81.1. The van der Waals surface area contributed by atoms with E-state index in [9.17, 15) is 26.3 Å². The number of fused-ring (bicyclic) bond motifs is 1.